The second-order valence-electron chi connectivity index (χ2n) is 3.62. The third-order valence-corrected chi connectivity index (χ3v) is 2.18. The maximum Gasteiger partial charge on any atom is 0.0178 e. The Morgan fingerprint density at radius 2 is 2.08 bits per heavy atom. The van der Waals surface area contributed by atoms with Gasteiger partial charge in [-0.15, -0.1) is 0 Å². The molecule has 0 aromatic heterocycles. The predicted octanol–water partition coefficient (Wildman–Crippen LogP) is 3.70. The number of hydrogen-bond donors (Lipinski definition) is 1. The summed E-state index contributed by atoms with van der Waals surface area (Å²) in [5.41, 5.74) is 1.32. The Hall–Kier alpha value is 0.0500. The SMILES string of the molecule is CC(C)(S)Cc1cccc(Br)c1. The molecule has 12 heavy (non-hydrogen) atoms. The van der Waals surface area contributed by atoms with Crippen molar-refractivity contribution in [2.75, 3.05) is 0 Å². The largest absolute Gasteiger partial charge is 0.173 e. The Kier molecular flexibility index (Phi) is 3.24. The van der Waals surface area contributed by atoms with Crippen molar-refractivity contribution in [1.29, 1.82) is 0 Å². The lowest BCUT2D eigenvalue weighted by molar-refractivity contribution is 0.714. The van der Waals surface area contributed by atoms with Gasteiger partial charge >= 0.3 is 0 Å². The Bertz CT molecular complexity index is 263. The van der Waals surface area contributed by atoms with Crippen LogP contribution >= 0.6 is 28.6 Å². The molecule has 0 N–H and O–H groups in total. The molecule has 0 heterocycles. The maximum atomic E-state index is 4.48. The van der Waals surface area contributed by atoms with Crippen LogP contribution in [0, 0.1) is 0 Å². The molecule has 1 aromatic rings. The summed E-state index contributed by atoms with van der Waals surface area (Å²) in [4.78, 5) is 0. The van der Waals surface area contributed by atoms with Gasteiger partial charge in [-0.3, -0.25) is 0 Å². The van der Waals surface area contributed by atoms with E-state index in [1.54, 1.807) is 0 Å². The third kappa shape index (κ3) is 3.63. The fraction of sp³-hybridized carbons (Fsp3) is 0.400. The molecule has 0 aliphatic carbocycles. The first-order valence-corrected chi connectivity index (χ1v) is 5.18. The first-order valence-electron chi connectivity index (χ1n) is 3.94. The zero-order valence-corrected chi connectivity index (χ0v) is 9.82. The van der Waals surface area contributed by atoms with E-state index in [0.29, 0.717) is 0 Å². The second-order valence-corrected chi connectivity index (χ2v) is 5.75. The molecule has 0 nitrogen and oxygen atoms in total. The zero-order valence-electron chi connectivity index (χ0n) is 7.34. The summed E-state index contributed by atoms with van der Waals surface area (Å²) in [6.45, 7) is 4.24. The molecular weight excluding hydrogens is 232 g/mol. The minimum Gasteiger partial charge on any atom is -0.173 e. The smallest absolute Gasteiger partial charge is 0.0178 e. The highest BCUT2D eigenvalue weighted by molar-refractivity contribution is 9.10. The third-order valence-electron chi connectivity index (χ3n) is 1.53. The van der Waals surface area contributed by atoms with Crippen LogP contribution in [0.15, 0.2) is 28.7 Å². The average molecular weight is 245 g/mol. The highest BCUT2D eigenvalue weighted by atomic mass is 79.9. The molecule has 0 radical (unpaired) electrons. The summed E-state index contributed by atoms with van der Waals surface area (Å²) < 4.78 is 1.21. The highest BCUT2D eigenvalue weighted by Crippen LogP contribution is 2.21. The van der Waals surface area contributed by atoms with E-state index in [9.17, 15) is 0 Å². The number of halogens is 1. The van der Waals surface area contributed by atoms with Gasteiger partial charge in [0.2, 0.25) is 0 Å². The summed E-state index contributed by atoms with van der Waals surface area (Å²) in [7, 11) is 0. The zero-order chi connectivity index (χ0) is 9.19. The molecule has 0 bridgehead atoms. The number of thiol groups is 1. The second kappa shape index (κ2) is 3.84. The van der Waals surface area contributed by atoms with Crippen LogP contribution in [0.25, 0.3) is 0 Å². The van der Waals surface area contributed by atoms with E-state index in [1.807, 2.05) is 6.07 Å². The molecule has 1 rings (SSSR count). The quantitative estimate of drug-likeness (QED) is 0.754. The number of hydrogen-bond acceptors (Lipinski definition) is 1. The van der Waals surface area contributed by atoms with Crippen molar-refractivity contribution in [1.82, 2.24) is 0 Å². The van der Waals surface area contributed by atoms with Crippen molar-refractivity contribution in [3.8, 4) is 0 Å². The molecule has 0 saturated heterocycles. The van der Waals surface area contributed by atoms with Gasteiger partial charge in [0, 0.05) is 9.22 Å². The van der Waals surface area contributed by atoms with Crippen LogP contribution in [0.5, 0.6) is 0 Å². The standard InChI is InChI=1S/C10H13BrS/c1-10(2,12)7-8-4-3-5-9(11)6-8/h3-6,12H,7H2,1-2H3. The number of rotatable bonds is 2. The normalized spacial score (nSPS) is 11.7. The lowest BCUT2D eigenvalue weighted by atomic mass is 10.0. The fourth-order valence-corrected chi connectivity index (χ4v) is 1.78. The Morgan fingerprint density at radius 1 is 1.42 bits per heavy atom. The van der Waals surface area contributed by atoms with Gasteiger partial charge in [0.15, 0.2) is 0 Å². The van der Waals surface area contributed by atoms with E-state index in [1.165, 1.54) is 5.56 Å². The molecule has 0 amide bonds. The van der Waals surface area contributed by atoms with Crippen LogP contribution in [0.3, 0.4) is 0 Å². The minimum atomic E-state index is 0.0702. The van der Waals surface area contributed by atoms with E-state index >= 15 is 0 Å². The molecule has 0 atom stereocenters. The van der Waals surface area contributed by atoms with Gasteiger partial charge in [0.1, 0.15) is 0 Å². The molecule has 0 saturated carbocycles. The lowest BCUT2D eigenvalue weighted by Gasteiger charge is -2.16. The van der Waals surface area contributed by atoms with E-state index in [-0.39, 0.29) is 4.75 Å². The minimum absolute atomic E-state index is 0.0702. The first-order chi connectivity index (χ1) is 5.47. The van der Waals surface area contributed by atoms with E-state index < -0.39 is 0 Å². The van der Waals surface area contributed by atoms with Crippen molar-refractivity contribution >= 4 is 28.6 Å². The van der Waals surface area contributed by atoms with Gasteiger partial charge < -0.3 is 0 Å². The molecule has 2 heteroatoms. The first kappa shape index (κ1) is 10.1. The summed E-state index contributed by atoms with van der Waals surface area (Å²) >= 11 is 7.93. The van der Waals surface area contributed by atoms with Crippen LogP contribution in [0.1, 0.15) is 19.4 Å². The Morgan fingerprint density at radius 3 is 2.58 bits per heavy atom. The van der Waals surface area contributed by atoms with Crippen LogP contribution in [-0.2, 0) is 6.42 Å². The van der Waals surface area contributed by atoms with Crippen LogP contribution in [0.4, 0.5) is 0 Å². The number of benzene rings is 1. The van der Waals surface area contributed by atoms with E-state index in [0.717, 1.165) is 10.9 Å². The topological polar surface area (TPSA) is 0 Å². The van der Waals surface area contributed by atoms with Gasteiger partial charge in [-0.05, 0) is 24.1 Å². The van der Waals surface area contributed by atoms with Crippen LogP contribution in [-0.4, -0.2) is 4.75 Å². The van der Waals surface area contributed by atoms with Gasteiger partial charge in [0.05, 0.1) is 0 Å². The molecule has 0 spiro atoms. The summed E-state index contributed by atoms with van der Waals surface area (Å²) in [6, 6.07) is 8.36. The van der Waals surface area contributed by atoms with E-state index in [4.69, 9.17) is 0 Å². The molecule has 0 aliphatic heterocycles. The van der Waals surface area contributed by atoms with Gasteiger partial charge in [-0.1, -0.05) is 41.9 Å². The molecule has 0 aliphatic rings. The van der Waals surface area contributed by atoms with Crippen LogP contribution in [0.2, 0.25) is 0 Å². The average Bonchev–Trinajstić information content (AvgIpc) is 1.82. The van der Waals surface area contributed by atoms with Gasteiger partial charge in [0.25, 0.3) is 0 Å². The monoisotopic (exact) mass is 244 g/mol. The lowest BCUT2D eigenvalue weighted by Crippen LogP contribution is -2.13. The Labute approximate surface area is 87.9 Å². The summed E-state index contributed by atoms with van der Waals surface area (Å²) in [6.07, 6.45) is 0.996. The Balaban J connectivity index is 2.77. The summed E-state index contributed by atoms with van der Waals surface area (Å²) in [5, 5.41) is 0. The molecule has 1 aromatic carbocycles. The van der Waals surface area contributed by atoms with Crippen molar-refractivity contribution in [3.63, 3.8) is 0 Å². The van der Waals surface area contributed by atoms with E-state index in [2.05, 4.69) is 60.6 Å². The molecule has 0 fully saturated rings. The fourth-order valence-electron chi connectivity index (χ4n) is 1.15. The highest BCUT2D eigenvalue weighted by Gasteiger charge is 2.11. The van der Waals surface area contributed by atoms with Gasteiger partial charge in [-0.25, -0.2) is 0 Å². The predicted molar refractivity (Wildman–Crippen MR) is 60.9 cm³/mol. The molecular formula is C10H13BrS. The van der Waals surface area contributed by atoms with Crippen LogP contribution < -0.4 is 0 Å². The maximum absolute atomic E-state index is 4.48. The van der Waals surface area contributed by atoms with Crippen molar-refractivity contribution in [2.45, 2.75) is 25.0 Å². The van der Waals surface area contributed by atoms with Gasteiger partial charge in [-0.2, -0.15) is 12.6 Å². The van der Waals surface area contributed by atoms with Crippen molar-refractivity contribution in [2.24, 2.45) is 0 Å². The van der Waals surface area contributed by atoms with Crippen molar-refractivity contribution < 1.29 is 0 Å². The molecule has 66 valence electrons. The van der Waals surface area contributed by atoms with Crippen molar-refractivity contribution in [3.05, 3.63) is 34.3 Å². The molecule has 0 unspecified atom stereocenters. The summed E-state index contributed by atoms with van der Waals surface area (Å²) in [5.74, 6) is 0.